The average molecular weight is 311 g/mol. The van der Waals surface area contributed by atoms with Gasteiger partial charge in [-0.2, -0.15) is 8.42 Å². The zero-order valence-electron chi connectivity index (χ0n) is 11.6. The molecular formula is C14H17NO5S. The van der Waals surface area contributed by atoms with Crippen LogP contribution in [0.3, 0.4) is 0 Å². The maximum absolute atomic E-state index is 12.1. The van der Waals surface area contributed by atoms with Gasteiger partial charge in [0.05, 0.1) is 6.61 Å². The number of anilines is 1. The topological polar surface area (TPSA) is 88.8 Å². The summed E-state index contributed by atoms with van der Waals surface area (Å²) in [5.74, 6) is 0.874. The van der Waals surface area contributed by atoms with Gasteiger partial charge in [-0.15, -0.1) is 0 Å². The minimum absolute atomic E-state index is 0.193. The van der Waals surface area contributed by atoms with E-state index in [0.29, 0.717) is 18.0 Å². The van der Waals surface area contributed by atoms with E-state index in [9.17, 15) is 8.42 Å². The van der Waals surface area contributed by atoms with Crippen LogP contribution in [-0.4, -0.2) is 20.1 Å². The number of benzene rings is 1. The Balaban J connectivity index is 2.09. The van der Waals surface area contributed by atoms with Crippen LogP contribution >= 0.6 is 0 Å². The van der Waals surface area contributed by atoms with E-state index in [4.69, 9.17) is 14.3 Å². The lowest BCUT2D eigenvalue weighted by Gasteiger charge is -2.08. The van der Waals surface area contributed by atoms with Crippen molar-refractivity contribution in [2.75, 3.05) is 11.3 Å². The summed E-state index contributed by atoms with van der Waals surface area (Å²) in [4.78, 5) is 0. The lowest BCUT2D eigenvalue weighted by Crippen LogP contribution is -2.12. The molecule has 21 heavy (non-hydrogen) atoms. The zero-order chi connectivity index (χ0) is 15.3. The van der Waals surface area contributed by atoms with Gasteiger partial charge in [-0.25, -0.2) is 0 Å². The molecule has 0 aliphatic rings. The summed E-state index contributed by atoms with van der Waals surface area (Å²) >= 11 is 0. The van der Waals surface area contributed by atoms with Gasteiger partial charge in [0.15, 0.2) is 0 Å². The van der Waals surface area contributed by atoms with E-state index in [1.54, 1.807) is 24.3 Å². The number of hydrogen-bond acceptors (Lipinski definition) is 5. The molecule has 0 atom stereocenters. The van der Waals surface area contributed by atoms with Crippen molar-refractivity contribution in [1.82, 2.24) is 0 Å². The first-order valence-electron chi connectivity index (χ1n) is 6.50. The van der Waals surface area contributed by atoms with Crippen molar-refractivity contribution < 1.29 is 22.7 Å². The molecule has 114 valence electrons. The van der Waals surface area contributed by atoms with Crippen molar-refractivity contribution in [1.29, 1.82) is 0 Å². The fourth-order valence-corrected chi connectivity index (χ4v) is 2.64. The standard InChI is InChI=1S/C14H17NO5S/c1-2-9-19-12-5-3-11(4-6-12)15-21(17,18)14-8-7-13(10-16)20-14/h3-8,15-16H,2,9-10H2,1H3. The van der Waals surface area contributed by atoms with Crippen molar-refractivity contribution in [2.45, 2.75) is 25.0 Å². The van der Waals surface area contributed by atoms with Crippen molar-refractivity contribution in [3.63, 3.8) is 0 Å². The Bertz CT molecular complexity index is 676. The van der Waals surface area contributed by atoms with E-state index in [2.05, 4.69) is 4.72 Å². The molecule has 0 fully saturated rings. The first-order chi connectivity index (χ1) is 10.0. The number of furan rings is 1. The third-order valence-corrected chi connectivity index (χ3v) is 3.89. The Morgan fingerprint density at radius 1 is 1.19 bits per heavy atom. The van der Waals surface area contributed by atoms with E-state index in [1.165, 1.54) is 12.1 Å². The molecule has 2 aromatic rings. The Labute approximate surface area is 123 Å². The molecule has 0 amide bonds. The van der Waals surface area contributed by atoms with Crippen molar-refractivity contribution >= 4 is 15.7 Å². The minimum Gasteiger partial charge on any atom is -0.494 e. The number of aliphatic hydroxyl groups is 1. The highest BCUT2D eigenvalue weighted by Crippen LogP contribution is 2.21. The van der Waals surface area contributed by atoms with Crippen LogP contribution in [0.25, 0.3) is 0 Å². The predicted octanol–water partition coefficient (Wildman–Crippen LogP) is 2.36. The van der Waals surface area contributed by atoms with Gasteiger partial charge in [-0.1, -0.05) is 6.92 Å². The first-order valence-corrected chi connectivity index (χ1v) is 7.98. The van der Waals surface area contributed by atoms with E-state index in [0.717, 1.165) is 6.42 Å². The first kappa shape index (κ1) is 15.4. The third-order valence-electron chi connectivity index (χ3n) is 2.64. The molecule has 1 aromatic carbocycles. The van der Waals surface area contributed by atoms with Gasteiger partial charge in [0, 0.05) is 5.69 Å². The lowest BCUT2D eigenvalue weighted by molar-refractivity contribution is 0.236. The van der Waals surface area contributed by atoms with E-state index in [1.807, 2.05) is 6.92 Å². The SMILES string of the molecule is CCCOc1ccc(NS(=O)(=O)c2ccc(CO)o2)cc1. The lowest BCUT2D eigenvalue weighted by atomic mass is 10.3. The van der Waals surface area contributed by atoms with Crippen LogP contribution in [0.2, 0.25) is 0 Å². The van der Waals surface area contributed by atoms with Gasteiger partial charge in [-0.05, 0) is 42.8 Å². The number of sulfonamides is 1. The van der Waals surface area contributed by atoms with Crippen LogP contribution in [0.5, 0.6) is 5.75 Å². The Morgan fingerprint density at radius 3 is 2.48 bits per heavy atom. The summed E-state index contributed by atoms with van der Waals surface area (Å²) in [6, 6.07) is 9.31. The molecule has 0 saturated heterocycles. The fourth-order valence-electron chi connectivity index (χ4n) is 1.63. The monoisotopic (exact) mass is 311 g/mol. The summed E-state index contributed by atoms with van der Waals surface area (Å²) in [6.45, 7) is 2.27. The Morgan fingerprint density at radius 2 is 1.90 bits per heavy atom. The van der Waals surface area contributed by atoms with Gasteiger partial charge >= 0.3 is 0 Å². The van der Waals surface area contributed by atoms with Crippen LogP contribution in [-0.2, 0) is 16.6 Å². The molecule has 2 rings (SSSR count). The maximum Gasteiger partial charge on any atom is 0.295 e. The van der Waals surface area contributed by atoms with E-state index >= 15 is 0 Å². The molecule has 1 aromatic heterocycles. The third kappa shape index (κ3) is 3.99. The van der Waals surface area contributed by atoms with E-state index < -0.39 is 10.0 Å². The van der Waals surface area contributed by atoms with Crippen LogP contribution in [0, 0.1) is 0 Å². The Kier molecular flexibility index (Phi) is 4.87. The summed E-state index contributed by atoms with van der Waals surface area (Å²) in [6.07, 6.45) is 0.903. The highest BCUT2D eigenvalue weighted by Gasteiger charge is 2.18. The largest absolute Gasteiger partial charge is 0.494 e. The van der Waals surface area contributed by atoms with Gasteiger partial charge in [0.2, 0.25) is 5.09 Å². The van der Waals surface area contributed by atoms with Crippen molar-refractivity contribution in [3.05, 3.63) is 42.2 Å². The van der Waals surface area contributed by atoms with Crippen LogP contribution in [0.4, 0.5) is 5.69 Å². The maximum atomic E-state index is 12.1. The minimum atomic E-state index is -3.80. The van der Waals surface area contributed by atoms with Crippen molar-refractivity contribution in [3.8, 4) is 5.75 Å². The van der Waals surface area contributed by atoms with Gasteiger partial charge < -0.3 is 14.3 Å². The summed E-state index contributed by atoms with van der Waals surface area (Å²) in [7, 11) is -3.80. The summed E-state index contributed by atoms with van der Waals surface area (Å²) < 4.78 is 37.0. The van der Waals surface area contributed by atoms with Crippen molar-refractivity contribution in [2.24, 2.45) is 0 Å². The van der Waals surface area contributed by atoms with E-state index in [-0.39, 0.29) is 17.5 Å². The van der Waals surface area contributed by atoms with Crippen LogP contribution in [0.15, 0.2) is 45.9 Å². The predicted molar refractivity (Wildman–Crippen MR) is 77.7 cm³/mol. The number of nitrogens with one attached hydrogen (secondary N) is 1. The molecule has 0 aliphatic carbocycles. The normalized spacial score (nSPS) is 11.3. The second-order valence-corrected chi connectivity index (χ2v) is 5.97. The van der Waals surface area contributed by atoms with Crippen LogP contribution < -0.4 is 9.46 Å². The van der Waals surface area contributed by atoms with Gasteiger partial charge in [0.1, 0.15) is 18.1 Å². The molecule has 0 radical (unpaired) electrons. The van der Waals surface area contributed by atoms with Gasteiger partial charge in [0.25, 0.3) is 10.0 Å². The highest BCUT2D eigenvalue weighted by molar-refractivity contribution is 7.92. The second kappa shape index (κ2) is 6.64. The molecule has 1 heterocycles. The molecule has 0 spiro atoms. The average Bonchev–Trinajstić information content (AvgIpc) is 2.96. The Hall–Kier alpha value is -1.99. The number of hydrogen-bond donors (Lipinski definition) is 2. The number of rotatable bonds is 7. The van der Waals surface area contributed by atoms with Gasteiger partial charge in [-0.3, -0.25) is 4.72 Å². The molecule has 2 N–H and O–H groups in total. The quantitative estimate of drug-likeness (QED) is 0.819. The number of aliphatic hydroxyl groups excluding tert-OH is 1. The molecule has 0 unspecified atom stereocenters. The summed E-state index contributed by atoms with van der Waals surface area (Å²) in [5, 5.41) is 8.65. The fraction of sp³-hybridized carbons (Fsp3) is 0.286. The van der Waals surface area contributed by atoms with Crippen LogP contribution in [0.1, 0.15) is 19.1 Å². The zero-order valence-corrected chi connectivity index (χ0v) is 12.4. The number of ether oxygens (including phenoxy) is 1. The molecular weight excluding hydrogens is 294 g/mol. The summed E-state index contributed by atoms with van der Waals surface area (Å²) in [5.41, 5.74) is 0.404. The second-order valence-electron chi connectivity index (χ2n) is 4.36. The smallest absolute Gasteiger partial charge is 0.295 e. The molecule has 7 heteroatoms. The molecule has 0 bridgehead atoms. The molecule has 6 nitrogen and oxygen atoms in total. The molecule has 0 saturated carbocycles. The molecule has 0 aliphatic heterocycles. The highest BCUT2D eigenvalue weighted by atomic mass is 32.2.